The van der Waals surface area contributed by atoms with E-state index in [1.54, 1.807) is 4.57 Å². The van der Waals surface area contributed by atoms with Crippen LogP contribution < -0.4 is 5.56 Å². The van der Waals surface area contributed by atoms with Crippen LogP contribution in [0.1, 0.15) is 25.7 Å². The van der Waals surface area contributed by atoms with E-state index >= 15 is 0 Å². The molecule has 1 fully saturated rings. The van der Waals surface area contributed by atoms with Crippen LogP contribution in [-0.2, 0) is 11.3 Å². The van der Waals surface area contributed by atoms with Crippen LogP contribution in [0.3, 0.4) is 0 Å². The van der Waals surface area contributed by atoms with Crippen LogP contribution in [0.15, 0.2) is 47.4 Å². The minimum atomic E-state index is -0.109. The molecule has 0 saturated carbocycles. The highest BCUT2D eigenvalue weighted by atomic mass is 16.2. The molecule has 0 aliphatic carbocycles. The Hall–Kier alpha value is -2.56. The van der Waals surface area contributed by atoms with Gasteiger partial charge >= 0.3 is 0 Å². The van der Waals surface area contributed by atoms with Crippen LogP contribution in [0.25, 0.3) is 16.6 Å². The van der Waals surface area contributed by atoms with E-state index in [4.69, 9.17) is 0 Å². The van der Waals surface area contributed by atoms with E-state index in [9.17, 15) is 9.59 Å². The smallest absolute Gasteiger partial charge is 0.275 e. The minimum absolute atomic E-state index is 0.0417. The summed E-state index contributed by atoms with van der Waals surface area (Å²) in [5.74, 6) is 0.0417. The molecule has 4 rings (SSSR count). The first kappa shape index (κ1) is 15.0. The summed E-state index contributed by atoms with van der Waals surface area (Å²) < 4.78 is 3.52. The van der Waals surface area contributed by atoms with Gasteiger partial charge < -0.3 is 9.30 Å². The van der Waals surface area contributed by atoms with Crippen molar-refractivity contribution in [3.8, 4) is 0 Å². The summed E-state index contributed by atoms with van der Waals surface area (Å²) in [4.78, 5) is 27.5. The van der Waals surface area contributed by atoms with Crippen molar-refractivity contribution in [1.82, 2.24) is 13.9 Å². The van der Waals surface area contributed by atoms with Crippen molar-refractivity contribution in [2.45, 2.75) is 32.2 Å². The summed E-state index contributed by atoms with van der Waals surface area (Å²) in [5, 5.41) is 0. The largest absolute Gasteiger partial charge is 0.341 e. The molecule has 0 radical (unpaired) electrons. The summed E-state index contributed by atoms with van der Waals surface area (Å²) in [6, 6.07) is 11.4. The lowest BCUT2D eigenvalue weighted by Crippen LogP contribution is -2.37. The van der Waals surface area contributed by atoms with E-state index in [2.05, 4.69) is 0 Å². The number of hydrogen-bond donors (Lipinski definition) is 0. The van der Waals surface area contributed by atoms with Gasteiger partial charge in [0.05, 0.1) is 11.0 Å². The van der Waals surface area contributed by atoms with Gasteiger partial charge in [-0.2, -0.15) is 0 Å². The van der Waals surface area contributed by atoms with Crippen molar-refractivity contribution in [2.75, 3.05) is 13.1 Å². The maximum atomic E-state index is 12.9. The zero-order chi connectivity index (χ0) is 16.5. The SMILES string of the molecule is O=C(Cn1c(=O)c2cccn2c2ccccc21)N1CCCCCC1. The van der Waals surface area contributed by atoms with Crippen LogP contribution in [0.2, 0.25) is 0 Å². The Morgan fingerprint density at radius 2 is 1.54 bits per heavy atom. The molecule has 1 saturated heterocycles. The van der Waals surface area contributed by atoms with Crippen LogP contribution in [0.4, 0.5) is 0 Å². The lowest BCUT2D eigenvalue weighted by molar-refractivity contribution is -0.131. The normalized spacial score (nSPS) is 15.8. The molecule has 1 aliphatic rings. The maximum Gasteiger partial charge on any atom is 0.275 e. The first-order valence-electron chi connectivity index (χ1n) is 8.62. The van der Waals surface area contributed by atoms with Gasteiger partial charge in [-0.1, -0.05) is 25.0 Å². The number of nitrogens with zero attached hydrogens (tertiary/aromatic N) is 3. The van der Waals surface area contributed by atoms with E-state index in [0.29, 0.717) is 5.52 Å². The molecule has 3 heterocycles. The van der Waals surface area contributed by atoms with Crippen molar-refractivity contribution in [3.05, 3.63) is 52.9 Å². The van der Waals surface area contributed by atoms with Crippen LogP contribution in [0.5, 0.6) is 0 Å². The molecular formula is C19H21N3O2. The van der Waals surface area contributed by atoms with Crippen molar-refractivity contribution in [3.63, 3.8) is 0 Å². The van der Waals surface area contributed by atoms with Gasteiger partial charge in [-0.3, -0.25) is 14.2 Å². The third-order valence-electron chi connectivity index (χ3n) is 4.90. The van der Waals surface area contributed by atoms with Gasteiger partial charge in [-0.05, 0) is 37.1 Å². The van der Waals surface area contributed by atoms with Gasteiger partial charge in [-0.25, -0.2) is 0 Å². The fourth-order valence-corrected chi connectivity index (χ4v) is 3.62. The number of amides is 1. The molecule has 1 aliphatic heterocycles. The Morgan fingerprint density at radius 1 is 0.875 bits per heavy atom. The van der Waals surface area contributed by atoms with Crippen LogP contribution >= 0.6 is 0 Å². The molecule has 24 heavy (non-hydrogen) atoms. The second-order valence-corrected chi connectivity index (χ2v) is 6.44. The standard InChI is InChI=1S/C19H21N3O2/c23-18(20-11-5-1-2-6-12-20)14-22-16-9-4-3-8-15(16)21-13-7-10-17(21)19(22)24/h3-4,7-10,13H,1-2,5-6,11-12,14H2. The highest BCUT2D eigenvalue weighted by Crippen LogP contribution is 2.16. The molecule has 0 spiro atoms. The monoisotopic (exact) mass is 323 g/mol. The third-order valence-corrected chi connectivity index (χ3v) is 4.90. The predicted octanol–water partition coefficient (Wildman–Crippen LogP) is 2.66. The Labute approximate surface area is 140 Å². The molecule has 0 atom stereocenters. The predicted molar refractivity (Wildman–Crippen MR) is 94.2 cm³/mol. The van der Waals surface area contributed by atoms with Crippen molar-refractivity contribution in [2.24, 2.45) is 0 Å². The van der Waals surface area contributed by atoms with Gasteiger partial charge in [0.2, 0.25) is 5.91 Å². The average Bonchev–Trinajstić information content (AvgIpc) is 2.94. The number of hydrogen-bond acceptors (Lipinski definition) is 2. The number of rotatable bonds is 2. The Morgan fingerprint density at radius 3 is 2.29 bits per heavy atom. The van der Waals surface area contributed by atoms with E-state index in [1.165, 1.54) is 12.8 Å². The van der Waals surface area contributed by atoms with Crippen LogP contribution in [0, 0.1) is 0 Å². The molecule has 124 valence electrons. The molecule has 5 heteroatoms. The zero-order valence-electron chi connectivity index (χ0n) is 13.6. The summed E-state index contributed by atoms with van der Waals surface area (Å²) in [7, 11) is 0. The molecule has 3 aromatic rings. The molecular weight excluding hydrogens is 302 g/mol. The maximum absolute atomic E-state index is 12.9. The number of benzene rings is 1. The molecule has 1 amide bonds. The first-order valence-corrected chi connectivity index (χ1v) is 8.62. The number of likely N-dealkylation sites (tertiary alicyclic amines) is 1. The number of carbonyl (C=O) groups excluding carboxylic acids is 1. The van der Waals surface area contributed by atoms with E-state index < -0.39 is 0 Å². The van der Waals surface area contributed by atoms with Gasteiger partial charge in [0, 0.05) is 19.3 Å². The van der Waals surface area contributed by atoms with Gasteiger partial charge in [-0.15, -0.1) is 0 Å². The highest BCUT2D eigenvalue weighted by Gasteiger charge is 2.18. The minimum Gasteiger partial charge on any atom is -0.341 e. The summed E-state index contributed by atoms with van der Waals surface area (Å²) in [5.41, 5.74) is 2.24. The fourth-order valence-electron chi connectivity index (χ4n) is 3.62. The van der Waals surface area contributed by atoms with Gasteiger partial charge in [0.1, 0.15) is 12.1 Å². The summed E-state index contributed by atoms with van der Waals surface area (Å²) >= 11 is 0. The van der Waals surface area contributed by atoms with Crippen molar-refractivity contribution in [1.29, 1.82) is 0 Å². The van der Waals surface area contributed by atoms with E-state index in [0.717, 1.165) is 37.0 Å². The lowest BCUT2D eigenvalue weighted by Gasteiger charge is -2.21. The Bertz CT molecular complexity index is 946. The topological polar surface area (TPSA) is 46.7 Å². The average molecular weight is 323 g/mol. The first-order chi connectivity index (χ1) is 11.8. The zero-order valence-corrected chi connectivity index (χ0v) is 13.6. The molecule has 0 unspecified atom stereocenters. The fraction of sp³-hybridized carbons (Fsp3) is 0.368. The number of aromatic nitrogens is 2. The lowest BCUT2D eigenvalue weighted by atomic mass is 10.2. The molecule has 0 bridgehead atoms. The van der Waals surface area contributed by atoms with E-state index in [1.807, 2.05) is 51.9 Å². The molecule has 1 aromatic carbocycles. The third kappa shape index (κ3) is 2.50. The van der Waals surface area contributed by atoms with E-state index in [-0.39, 0.29) is 18.0 Å². The number of para-hydroxylation sites is 2. The Kier molecular flexibility index (Phi) is 3.84. The molecule has 5 nitrogen and oxygen atoms in total. The number of carbonyl (C=O) groups is 1. The molecule has 2 aromatic heterocycles. The summed E-state index contributed by atoms with van der Waals surface area (Å²) in [6.45, 7) is 1.72. The van der Waals surface area contributed by atoms with Gasteiger partial charge in [0.25, 0.3) is 5.56 Å². The second kappa shape index (κ2) is 6.15. The highest BCUT2D eigenvalue weighted by molar-refractivity contribution is 5.82. The summed E-state index contributed by atoms with van der Waals surface area (Å²) in [6.07, 6.45) is 6.36. The number of fused-ring (bicyclic) bond motifs is 3. The van der Waals surface area contributed by atoms with Crippen molar-refractivity contribution >= 4 is 22.5 Å². The second-order valence-electron chi connectivity index (χ2n) is 6.44. The molecule has 0 N–H and O–H groups in total. The quantitative estimate of drug-likeness (QED) is 0.728. The van der Waals surface area contributed by atoms with Crippen LogP contribution in [-0.4, -0.2) is 32.9 Å². The van der Waals surface area contributed by atoms with Gasteiger partial charge in [0.15, 0.2) is 0 Å². The Balaban J connectivity index is 1.78. The van der Waals surface area contributed by atoms with Crippen molar-refractivity contribution < 1.29 is 4.79 Å².